The molecule has 7 heteroatoms. The lowest BCUT2D eigenvalue weighted by atomic mass is 9.96. The van der Waals surface area contributed by atoms with Crippen LogP contribution in [0.3, 0.4) is 0 Å². The van der Waals surface area contributed by atoms with Crippen molar-refractivity contribution in [1.29, 1.82) is 0 Å². The number of hydrogen-bond donors (Lipinski definition) is 1. The number of piperidine rings is 1. The van der Waals surface area contributed by atoms with Crippen molar-refractivity contribution < 1.29 is 13.2 Å². The summed E-state index contributed by atoms with van der Waals surface area (Å²) in [5, 5.41) is 2.47. The van der Waals surface area contributed by atoms with E-state index in [0.29, 0.717) is 12.8 Å². The average molecular weight is 390 g/mol. The van der Waals surface area contributed by atoms with Gasteiger partial charge in [0.25, 0.3) is 0 Å². The molecule has 1 unspecified atom stereocenters. The second-order valence-electron chi connectivity index (χ2n) is 7.29. The van der Waals surface area contributed by atoms with Crippen molar-refractivity contribution in [3.8, 4) is 0 Å². The summed E-state index contributed by atoms with van der Waals surface area (Å²) in [7, 11) is -3.46. The summed E-state index contributed by atoms with van der Waals surface area (Å²) in [6.45, 7) is 3.50. The van der Waals surface area contributed by atoms with Crippen molar-refractivity contribution in [3.05, 3.63) is 48.0 Å². The molecule has 1 amide bonds. The highest BCUT2D eigenvalue weighted by Gasteiger charge is 2.32. The fourth-order valence-corrected chi connectivity index (χ4v) is 5.16. The van der Waals surface area contributed by atoms with E-state index >= 15 is 0 Å². The number of carbonyl (C=O) groups excluding carboxylic acids is 1. The SMILES string of the molecule is CC(c1cccc2ccccc12)N1CCC(N(CC(N)=O)S(C)(=O)=O)CC1. The maximum absolute atomic E-state index is 12.1. The Hall–Kier alpha value is -1.96. The van der Waals surface area contributed by atoms with Gasteiger partial charge in [0.1, 0.15) is 0 Å². The van der Waals surface area contributed by atoms with E-state index in [2.05, 4.69) is 48.2 Å². The Kier molecular flexibility index (Phi) is 5.83. The molecule has 146 valence electrons. The smallest absolute Gasteiger partial charge is 0.232 e. The number of sulfonamides is 1. The third-order valence-electron chi connectivity index (χ3n) is 5.47. The Labute approximate surface area is 161 Å². The standard InChI is InChI=1S/C20H27N3O3S/c1-15(18-9-5-7-16-6-3-4-8-19(16)18)22-12-10-17(11-13-22)23(14-20(21)24)27(2,25)26/h3-9,15,17H,10-14H2,1-2H3,(H2,21,24). The first-order valence-electron chi connectivity index (χ1n) is 9.24. The molecule has 0 aromatic heterocycles. The Morgan fingerprint density at radius 2 is 1.81 bits per heavy atom. The first-order valence-corrected chi connectivity index (χ1v) is 11.1. The Morgan fingerprint density at radius 3 is 2.44 bits per heavy atom. The predicted molar refractivity (Wildman–Crippen MR) is 108 cm³/mol. The summed E-state index contributed by atoms with van der Waals surface area (Å²) in [6.07, 6.45) is 2.52. The fourth-order valence-electron chi connectivity index (χ4n) is 4.04. The largest absolute Gasteiger partial charge is 0.369 e. The van der Waals surface area contributed by atoms with Gasteiger partial charge in [-0.2, -0.15) is 4.31 Å². The summed E-state index contributed by atoms with van der Waals surface area (Å²) in [6, 6.07) is 14.8. The van der Waals surface area contributed by atoms with Gasteiger partial charge in [-0.15, -0.1) is 0 Å². The van der Waals surface area contributed by atoms with E-state index < -0.39 is 15.9 Å². The van der Waals surface area contributed by atoms with E-state index in [1.807, 2.05) is 6.07 Å². The van der Waals surface area contributed by atoms with Gasteiger partial charge in [0.2, 0.25) is 15.9 Å². The number of rotatable bonds is 6. The van der Waals surface area contributed by atoms with E-state index in [-0.39, 0.29) is 18.6 Å². The molecular weight excluding hydrogens is 362 g/mol. The third kappa shape index (κ3) is 4.48. The summed E-state index contributed by atoms with van der Waals surface area (Å²) in [4.78, 5) is 13.7. The van der Waals surface area contributed by atoms with Crippen LogP contribution >= 0.6 is 0 Å². The van der Waals surface area contributed by atoms with Gasteiger partial charge < -0.3 is 5.73 Å². The maximum Gasteiger partial charge on any atom is 0.232 e. The van der Waals surface area contributed by atoms with Gasteiger partial charge in [-0.3, -0.25) is 9.69 Å². The molecule has 1 saturated heterocycles. The number of fused-ring (bicyclic) bond motifs is 1. The van der Waals surface area contributed by atoms with E-state index in [4.69, 9.17) is 5.73 Å². The summed E-state index contributed by atoms with van der Waals surface area (Å²) in [5.74, 6) is -0.619. The number of nitrogens with two attached hydrogens (primary N) is 1. The molecule has 1 fully saturated rings. The van der Waals surface area contributed by atoms with Crippen LogP contribution in [0.15, 0.2) is 42.5 Å². The number of amides is 1. The van der Waals surface area contributed by atoms with Crippen LogP contribution in [-0.4, -0.2) is 55.5 Å². The van der Waals surface area contributed by atoms with Crippen LogP contribution in [0.1, 0.15) is 31.4 Å². The molecule has 1 heterocycles. The lowest BCUT2D eigenvalue weighted by Gasteiger charge is -2.39. The molecule has 3 rings (SSSR count). The Balaban J connectivity index is 1.74. The molecule has 0 bridgehead atoms. The number of carbonyl (C=O) groups is 1. The summed E-state index contributed by atoms with van der Waals surface area (Å²) >= 11 is 0. The van der Waals surface area contributed by atoms with Crippen LogP contribution in [0.2, 0.25) is 0 Å². The van der Waals surface area contributed by atoms with E-state index in [0.717, 1.165) is 19.3 Å². The van der Waals surface area contributed by atoms with Crippen molar-refractivity contribution in [2.75, 3.05) is 25.9 Å². The molecule has 1 aliphatic rings. The topological polar surface area (TPSA) is 83.7 Å². The van der Waals surface area contributed by atoms with Gasteiger partial charge in [0.15, 0.2) is 0 Å². The molecule has 0 radical (unpaired) electrons. The normalized spacial score (nSPS) is 18.0. The van der Waals surface area contributed by atoms with Gasteiger partial charge in [-0.25, -0.2) is 8.42 Å². The molecule has 2 aromatic carbocycles. The fraction of sp³-hybridized carbons (Fsp3) is 0.450. The van der Waals surface area contributed by atoms with Crippen LogP contribution in [0, 0.1) is 0 Å². The second-order valence-corrected chi connectivity index (χ2v) is 9.22. The molecule has 1 atom stereocenters. The molecule has 0 spiro atoms. The summed E-state index contributed by atoms with van der Waals surface area (Å²) in [5.41, 5.74) is 6.53. The zero-order valence-electron chi connectivity index (χ0n) is 15.8. The number of likely N-dealkylation sites (tertiary alicyclic amines) is 1. The first kappa shape index (κ1) is 19.8. The van der Waals surface area contributed by atoms with Crippen LogP contribution in [-0.2, 0) is 14.8 Å². The number of hydrogen-bond acceptors (Lipinski definition) is 4. The van der Waals surface area contributed by atoms with Crippen LogP contribution in [0.5, 0.6) is 0 Å². The molecule has 2 aromatic rings. The minimum Gasteiger partial charge on any atom is -0.369 e. The zero-order valence-corrected chi connectivity index (χ0v) is 16.7. The zero-order chi connectivity index (χ0) is 19.6. The van der Waals surface area contributed by atoms with Crippen molar-refractivity contribution in [3.63, 3.8) is 0 Å². The molecule has 2 N–H and O–H groups in total. The highest BCUT2D eigenvalue weighted by molar-refractivity contribution is 7.88. The lowest BCUT2D eigenvalue weighted by molar-refractivity contribution is -0.118. The van der Waals surface area contributed by atoms with E-state index in [1.54, 1.807) is 0 Å². The first-order chi connectivity index (χ1) is 12.8. The highest BCUT2D eigenvalue weighted by atomic mass is 32.2. The third-order valence-corrected chi connectivity index (χ3v) is 6.74. The van der Waals surface area contributed by atoms with E-state index in [9.17, 15) is 13.2 Å². The number of benzene rings is 2. The monoisotopic (exact) mass is 389 g/mol. The average Bonchev–Trinajstić information content (AvgIpc) is 2.64. The molecule has 6 nitrogen and oxygen atoms in total. The molecule has 1 aliphatic heterocycles. The van der Waals surface area contributed by atoms with Crippen molar-refractivity contribution in [1.82, 2.24) is 9.21 Å². The maximum atomic E-state index is 12.1. The van der Waals surface area contributed by atoms with Gasteiger partial charge in [0, 0.05) is 25.2 Å². The Bertz CT molecular complexity index is 916. The van der Waals surface area contributed by atoms with E-state index in [1.165, 1.54) is 20.6 Å². The number of nitrogens with zero attached hydrogens (tertiary/aromatic N) is 2. The van der Waals surface area contributed by atoms with Gasteiger partial charge in [0.05, 0.1) is 12.8 Å². The minimum absolute atomic E-state index is 0.177. The molecule has 27 heavy (non-hydrogen) atoms. The minimum atomic E-state index is -3.46. The van der Waals surface area contributed by atoms with Crippen LogP contribution in [0.4, 0.5) is 0 Å². The quantitative estimate of drug-likeness (QED) is 0.820. The van der Waals surface area contributed by atoms with Crippen molar-refractivity contribution in [2.45, 2.75) is 31.8 Å². The van der Waals surface area contributed by atoms with Gasteiger partial charge in [-0.1, -0.05) is 42.5 Å². The molecular formula is C20H27N3O3S. The summed E-state index contributed by atoms with van der Waals surface area (Å²) < 4.78 is 25.4. The van der Waals surface area contributed by atoms with Crippen molar-refractivity contribution in [2.24, 2.45) is 5.73 Å². The highest BCUT2D eigenvalue weighted by Crippen LogP contribution is 2.31. The molecule has 0 aliphatic carbocycles. The number of primary amides is 1. The molecule has 0 saturated carbocycles. The van der Waals surface area contributed by atoms with Crippen LogP contribution < -0.4 is 5.73 Å². The van der Waals surface area contributed by atoms with Gasteiger partial charge >= 0.3 is 0 Å². The van der Waals surface area contributed by atoms with Crippen molar-refractivity contribution >= 4 is 26.7 Å². The predicted octanol–water partition coefficient (Wildman–Crippen LogP) is 2.11. The van der Waals surface area contributed by atoms with Crippen LogP contribution in [0.25, 0.3) is 10.8 Å². The lowest BCUT2D eigenvalue weighted by Crippen LogP contribution is -2.50. The van der Waals surface area contributed by atoms with Gasteiger partial charge in [-0.05, 0) is 36.1 Å². The second kappa shape index (κ2) is 7.96. The Morgan fingerprint density at radius 1 is 1.19 bits per heavy atom.